The molecule has 18 heavy (non-hydrogen) atoms. The van der Waals surface area contributed by atoms with E-state index in [2.05, 4.69) is 4.98 Å². The van der Waals surface area contributed by atoms with Crippen molar-refractivity contribution in [2.24, 2.45) is 0 Å². The van der Waals surface area contributed by atoms with Crippen LogP contribution in [0.25, 0.3) is 11.1 Å². The van der Waals surface area contributed by atoms with Crippen molar-refractivity contribution in [3.63, 3.8) is 0 Å². The first-order chi connectivity index (χ1) is 8.72. The lowest BCUT2D eigenvalue weighted by molar-refractivity contribution is 0.0703. The molecule has 0 aromatic carbocycles. The second kappa shape index (κ2) is 5.64. The minimum Gasteiger partial charge on any atom is -0.492 e. The molecule has 0 saturated carbocycles. The van der Waals surface area contributed by atoms with Crippen molar-refractivity contribution in [1.29, 1.82) is 0 Å². The highest BCUT2D eigenvalue weighted by Crippen LogP contribution is 2.29. The highest BCUT2D eigenvalue weighted by molar-refractivity contribution is 7.12. The quantitative estimate of drug-likeness (QED) is 0.899. The molecule has 0 spiro atoms. The minimum absolute atomic E-state index is 0.324. The normalized spacial score (nSPS) is 10.3. The number of thiophene rings is 1. The van der Waals surface area contributed by atoms with Crippen molar-refractivity contribution < 1.29 is 14.6 Å². The van der Waals surface area contributed by atoms with Gasteiger partial charge in [0.15, 0.2) is 0 Å². The summed E-state index contributed by atoms with van der Waals surface area (Å²) in [5.41, 5.74) is 1.45. The fourth-order valence-electron chi connectivity index (χ4n) is 1.57. The molecular weight excluding hydrogens is 250 g/mol. The lowest BCUT2D eigenvalue weighted by atomic mass is 10.1. The molecule has 0 aliphatic carbocycles. The summed E-state index contributed by atoms with van der Waals surface area (Å²) >= 11 is 1.21. The van der Waals surface area contributed by atoms with Crippen LogP contribution in [0, 0.1) is 0 Å². The number of aromatic carboxylic acids is 1. The first-order valence-corrected chi connectivity index (χ1v) is 6.49. The summed E-state index contributed by atoms with van der Waals surface area (Å²) in [5.74, 6) is -0.253. The number of ether oxygens (including phenoxy) is 1. The zero-order chi connectivity index (χ0) is 13.0. The van der Waals surface area contributed by atoms with Crippen molar-refractivity contribution in [1.82, 2.24) is 4.98 Å². The maximum Gasteiger partial charge on any atom is 0.346 e. The van der Waals surface area contributed by atoms with Gasteiger partial charge in [0.1, 0.15) is 10.6 Å². The molecule has 0 bridgehead atoms. The van der Waals surface area contributed by atoms with Crippen LogP contribution in [0.5, 0.6) is 5.75 Å². The number of carbonyl (C=O) groups is 1. The first-order valence-electron chi connectivity index (χ1n) is 5.61. The Labute approximate surface area is 109 Å². The summed E-state index contributed by atoms with van der Waals surface area (Å²) in [5, 5.41) is 10.8. The van der Waals surface area contributed by atoms with Gasteiger partial charge in [0, 0.05) is 17.3 Å². The molecular formula is C13H13NO3S. The van der Waals surface area contributed by atoms with Gasteiger partial charge in [-0.25, -0.2) is 4.79 Å². The van der Waals surface area contributed by atoms with Crippen LogP contribution in [-0.2, 0) is 0 Å². The van der Waals surface area contributed by atoms with E-state index in [1.54, 1.807) is 23.8 Å². The predicted octanol–water partition coefficient (Wildman–Crippen LogP) is 3.30. The summed E-state index contributed by atoms with van der Waals surface area (Å²) < 4.78 is 5.49. The zero-order valence-corrected chi connectivity index (χ0v) is 10.7. The van der Waals surface area contributed by atoms with Gasteiger partial charge in [-0.3, -0.25) is 4.98 Å². The van der Waals surface area contributed by atoms with Crippen molar-refractivity contribution >= 4 is 17.3 Å². The van der Waals surface area contributed by atoms with Gasteiger partial charge in [-0.05, 0) is 23.9 Å². The summed E-state index contributed by atoms with van der Waals surface area (Å²) in [7, 11) is 0. The number of pyridine rings is 1. The Kier molecular flexibility index (Phi) is 3.94. The molecule has 0 saturated heterocycles. The van der Waals surface area contributed by atoms with Gasteiger partial charge in [-0.2, -0.15) is 0 Å². The second-order valence-electron chi connectivity index (χ2n) is 3.73. The molecule has 0 unspecified atom stereocenters. The lowest BCUT2D eigenvalue weighted by Crippen LogP contribution is -1.97. The average Bonchev–Trinajstić information content (AvgIpc) is 2.86. The number of aromatic nitrogens is 1. The summed E-state index contributed by atoms with van der Waals surface area (Å²) in [4.78, 5) is 15.5. The highest BCUT2D eigenvalue weighted by Gasteiger charge is 2.13. The molecule has 1 N–H and O–H groups in total. The zero-order valence-electron chi connectivity index (χ0n) is 9.92. The number of carboxylic acids is 1. The van der Waals surface area contributed by atoms with Crippen LogP contribution in [0.2, 0.25) is 0 Å². The van der Waals surface area contributed by atoms with Gasteiger partial charge in [-0.15, -0.1) is 11.3 Å². The number of hydrogen-bond acceptors (Lipinski definition) is 4. The van der Waals surface area contributed by atoms with E-state index in [4.69, 9.17) is 9.84 Å². The number of hydrogen-bond donors (Lipinski definition) is 1. The lowest BCUT2D eigenvalue weighted by Gasteiger charge is -2.06. The first kappa shape index (κ1) is 12.6. The van der Waals surface area contributed by atoms with Gasteiger partial charge in [-0.1, -0.05) is 6.92 Å². The molecule has 0 fully saturated rings. The predicted molar refractivity (Wildman–Crippen MR) is 70.3 cm³/mol. The van der Waals surface area contributed by atoms with Crippen LogP contribution in [0.1, 0.15) is 23.0 Å². The molecule has 94 valence electrons. The standard InChI is InChI=1S/C13H13NO3S/c1-2-4-17-10-6-9(7-14-8-10)11-3-5-18-12(11)13(15)16/h3,5-8H,2,4H2,1H3,(H,15,16). The van der Waals surface area contributed by atoms with Crippen molar-refractivity contribution in [2.75, 3.05) is 6.61 Å². The Hall–Kier alpha value is -1.88. The number of rotatable bonds is 5. The van der Waals surface area contributed by atoms with Crippen LogP contribution in [-0.4, -0.2) is 22.7 Å². The van der Waals surface area contributed by atoms with E-state index >= 15 is 0 Å². The SMILES string of the molecule is CCCOc1cncc(-c2ccsc2C(=O)O)c1. The largest absolute Gasteiger partial charge is 0.492 e. The van der Waals surface area contributed by atoms with E-state index in [1.165, 1.54) is 11.3 Å². The van der Waals surface area contributed by atoms with Crippen LogP contribution in [0.3, 0.4) is 0 Å². The smallest absolute Gasteiger partial charge is 0.346 e. The third-order valence-corrected chi connectivity index (χ3v) is 3.26. The minimum atomic E-state index is -0.917. The maximum atomic E-state index is 11.1. The molecule has 4 nitrogen and oxygen atoms in total. The van der Waals surface area contributed by atoms with E-state index in [1.807, 2.05) is 13.0 Å². The summed E-state index contributed by atoms with van der Waals surface area (Å²) in [6.07, 6.45) is 4.20. The van der Waals surface area contributed by atoms with Gasteiger partial charge in [0.25, 0.3) is 0 Å². The molecule has 2 rings (SSSR count). The topological polar surface area (TPSA) is 59.4 Å². The number of carboxylic acid groups (broad SMARTS) is 1. The molecule has 5 heteroatoms. The Morgan fingerprint density at radius 1 is 1.50 bits per heavy atom. The Morgan fingerprint density at radius 3 is 3.06 bits per heavy atom. The van der Waals surface area contributed by atoms with Gasteiger partial charge in [0.2, 0.25) is 0 Å². The third-order valence-electron chi connectivity index (χ3n) is 2.36. The summed E-state index contributed by atoms with van der Waals surface area (Å²) in [6, 6.07) is 3.60. The molecule has 2 aromatic heterocycles. The molecule has 0 atom stereocenters. The van der Waals surface area contributed by atoms with Crippen molar-refractivity contribution in [3.05, 3.63) is 34.8 Å². The van der Waals surface area contributed by atoms with E-state index < -0.39 is 5.97 Å². The van der Waals surface area contributed by atoms with E-state index in [0.717, 1.165) is 12.0 Å². The van der Waals surface area contributed by atoms with Gasteiger partial charge < -0.3 is 9.84 Å². The second-order valence-corrected chi connectivity index (χ2v) is 4.64. The molecule has 2 heterocycles. The third kappa shape index (κ3) is 2.68. The van der Waals surface area contributed by atoms with Crippen LogP contribution >= 0.6 is 11.3 Å². The molecule has 0 aliphatic rings. The van der Waals surface area contributed by atoms with Crippen LogP contribution in [0.15, 0.2) is 29.9 Å². The molecule has 2 aromatic rings. The van der Waals surface area contributed by atoms with E-state index in [-0.39, 0.29) is 0 Å². The van der Waals surface area contributed by atoms with E-state index in [0.29, 0.717) is 22.8 Å². The molecule has 0 amide bonds. The molecule has 0 aliphatic heterocycles. The molecule has 0 radical (unpaired) electrons. The fraction of sp³-hybridized carbons (Fsp3) is 0.231. The number of nitrogens with zero attached hydrogens (tertiary/aromatic N) is 1. The van der Waals surface area contributed by atoms with Gasteiger partial charge >= 0.3 is 5.97 Å². The van der Waals surface area contributed by atoms with Crippen molar-refractivity contribution in [2.45, 2.75) is 13.3 Å². The van der Waals surface area contributed by atoms with E-state index in [9.17, 15) is 4.79 Å². The Balaban J connectivity index is 2.32. The summed E-state index contributed by atoms with van der Waals surface area (Å²) in [6.45, 7) is 2.65. The maximum absolute atomic E-state index is 11.1. The Bertz CT molecular complexity index is 551. The van der Waals surface area contributed by atoms with Crippen molar-refractivity contribution in [3.8, 4) is 16.9 Å². The van der Waals surface area contributed by atoms with Gasteiger partial charge in [0.05, 0.1) is 12.8 Å². The monoisotopic (exact) mass is 263 g/mol. The van der Waals surface area contributed by atoms with Crippen LogP contribution in [0.4, 0.5) is 0 Å². The van der Waals surface area contributed by atoms with Crippen LogP contribution < -0.4 is 4.74 Å². The average molecular weight is 263 g/mol. The Morgan fingerprint density at radius 2 is 2.33 bits per heavy atom. The fourth-order valence-corrected chi connectivity index (χ4v) is 2.32. The highest BCUT2D eigenvalue weighted by atomic mass is 32.1.